The molecule has 2 aliphatic rings. The first-order valence-corrected chi connectivity index (χ1v) is 13.8. The van der Waals surface area contributed by atoms with Gasteiger partial charge in [0.1, 0.15) is 11.4 Å². The highest BCUT2D eigenvalue weighted by molar-refractivity contribution is 6.05. The van der Waals surface area contributed by atoms with Crippen LogP contribution in [0, 0.1) is 11.8 Å². The summed E-state index contributed by atoms with van der Waals surface area (Å²) in [4.78, 5) is 25.5. The number of rotatable bonds is 8. The number of para-hydroxylation sites is 1. The van der Waals surface area contributed by atoms with Gasteiger partial charge in [0.2, 0.25) is 0 Å². The van der Waals surface area contributed by atoms with Gasteiger partial charge in [0.25, 0.3) is 5.91 Å². The molecule has 4 atom stereocenters. The Morgan fingerprint density at radius 2 is 1.67 bits per heavy atom. The fourth-order valence-corrected chi connectivity index (χ4v) is 6.31. The Morgan fingerprint density at radius 3 is 2.36 bits per heavy atom. The van der Waals surface area contributed by atoms with E-state index in [9.17, 15) is 9.90 Å². The van der Waals surface area contributed by atoms with Crippen LogP contribution in [0.2, 0.25) is 0 Å². The Kier molecular flexibility index (Phi) is 7.26. The summed E-state index contributed by atoms with van der Waals surface area (Å²) < 4.78 is 5.56. The number of ether oxygens (including phenoxy) is 1. The molecule has 1 amide bonds. The van der Waals surface area contributed by atoms with Crippen LogP contribution >= 0.6 is 0 Å². The number of hydrogen-bond acceptors (Lipinski definition) is 6. The van der Waals surface area contributed by atoms with Gasteiger partial charge in [-0.2, -0.15) is 0 Å². The molecule has 2 heterocycles. The lowest BCUT2D eigenvalue weighted by molar-refractivity contribution is 0.0929. The number of nitrogens with one attached hydrogen (secondary N) is 1. The van der Waals surface area contributed by atoms with Crippen molar-refractivity contribution in [1.82, 2.24) is 20.2 Å². The molecule has 1 saturated heterocycles. The van der Waals surface area contributed by atoms with Gasteiger partial charge in [0, 0.05) is 30.1 Å². The summed E-state index contributed by atoms with van der Waals surface area (Å²) >= 11 is 0. The van der Waals surface area contributed by atoms with E-state index in [1.807, 2.05) is 73.7 Å². The minimum Gasteiger partial charge on any atom is -0.494 e. The number of aliphatic hydroxyl groups is 1. The number of hydrogen-bond donors (Lipinski definition) is 2. The van der Waals surface area contributed by atoms with Crippen molar-refractivity contribution in [3.63, 3.8) is 0 Å². The van der Waals surface area contributed by atoms with E-state index in [4.69, 9.17) is 14.7 Å². The van der Waals surface area contributed by atoms with Gasteiger partial charge in [-0.25, -0.2) is 9.97 Å². The summed E-state index contributed by atoms with van der Waals surface area (Å²) in [6, 6.07) is 25.7. The van der Waals surface area contributed by atoms with Gasteiger partial charge >= 0.3 is 0 Å². The first-order valence-electron chi connectivity index (χ1n) is 13.8. The summed E-state index contributed by atoms with van der Waals surface area (Å²) in [5.74, 6) is 2.18. The minimum absolute atomic E-state index is 0.0262. The van der Waals surface area contributed by atoms with E-state index in [0.29, 0.717) is 30.0 Å². The number of amides is 1. The summed E-state index contributed by atoms with van der Waals surface area (Å²) in [7, 11) is 0. The normalized spacial score (nSPS) is 21.5. The largest absolute Gasteiger partial charge is 0.494 e. The second-order valence-corrected chi connectivity index (χ2v) is 10.6. The van der Waals surface area contributed by atoms with Crippen LogP contribution in [0.3, 0.4) is 0 Å². The molecule has 6 rings (SSSR count). The molecule has 2 N–H and O–H groups in total. The number of carbonyl (C=O) groups is 1. The molecule has 0 bridgehead atoms. The fourth-order valence-electron chi connectivity index (χ4n) is 6.31. The summed E-state index contributed by atoms with van der Waals surface area (Å²) in [6.07, 6.45) is 1.88. The topological polar surface area (TPSA) is 87.6 Å². The Balaban J connectivity index is 1.17. The monoisotopic (exact) mass is 522 g/mol. The Labute approximate surface area is 228 Å². The molecule has 2 fully saturated rings. The standard InChI is InChI=1S/C32H34N4O3/c1-2-39-26-14-12-22(13-15-26)31-34-28-11-7-6-10-27(28)30(35-31)32(38)33-25-16-23-18-36(19-24(23)17-25)29(20-37)21-8-4-3-5-9-21/h3-15,23-25,29,37H,2,16-20H2,1H3,(H,33,38)/t23-,24+,25?,29?. The second kappa shape index (κ2) is 11.1. The van der Waals surface area contributed by atoms with E-state index in [-0.39, 0.29) is 24.6 Å². The van der Waals surface area contributed by atoms with Gasteiger partial charge in [-0.15, -0.1) is 0 Å². The average Bonchev–Trinajstić information content (AvgIpc) is 3.52. The number of likely N-dealkylation sites (tertiary alicyclic amines) is 1. The third-order valence-electron chi connectivity index (χ3n) is 8.15. The van der Waals surface area contributed by atoms with Crippen molar-refractivity contribution in [1.29, 1.82) is 0 Å². The lowest BCUT2D eigenvalue weighted by atomic mass is 10.0. The van der Waals surface area contributed by atoms with Crippen LogP contribution < -0.4 is 10.1 Å². The maximum Gasteiger partial charge on any atom is 0.270 e. The predicted molar refractivity (Wildman–Crippen MR) is 151 cm³/mol. The highest BCUT2D eigenvalue weighted by Crippen LogP contribution is 2.41. The van der Waals surface area contributed by atoms with Crippen LogP contribution in [0.1, 0.15) is 41.9 Å². The SMILES string of the molecule is CCOc1ccc(-c2nc(C(=O)NC3C[C@@H]4CN(C(CO)c5ccccc5)C[C@@H]4C3)c3ccccc3n2)cc1. The van der Waals surface area contributed by atoms with Gasteiger partial charge in [-0.1, -0.05) is 48.5 Å². The molecular formula is C32H34N4O3. The lowest BCUT2D eigenvalue weighted by Gasteiger charge is -2.28. The van der Waals surface area contributed by atoms with Crippen molar-refractivity contribution in [2.24, 2.45) is 11.8 Å². The molecule has 3 aromatic carbocycles. The van der Waals surface area contributed by atoms with Gasteiger partial charge in [-0.3, -0.25) is 9.69 Å². The molecule has 0 radical (unpaired) electrons. The molecule has 4 aromatic rings. The molecular weight excluding hydrogens is 488 g/mol. The first kappa shape index (κ1) is 25.5. The summed E-state index contributed by atoms with van der Waals surface area (Å²) in [6.45, 7) is 4.55. The predicted octanol–water partition coefficient (Wildman–Crippen LogP) is 4.87. The van der Waals surface area contributed by atoms with Gasteiger partial charge in [0.15, 0.2) is 5.82 Å². The maximum atomic E-state index is 13.6. The zero-order chi connectivity index (χ0) is 26.8. The molecule has 1 aromatic heterocycles. The molecule has 2 unspecified atom stereocenters. The van der Waals surface area contributed by atoms with Crippen LogP contribution in [-0.2, 0) is 0 Å². The number of aromatic nitrogens is 2. The molecule has 7 heteroatoms. The molecule has 1 aliphatic carbocycles. The molecule has 1 saturated carbocycles. The maximum absolute atomic E-state index is 13.6. The molecule has 1 aliphatic heterocycles. The smallest absolute Gasteiger partial charge is 0.270 e. The average molecular weight is 523 g/mol. The molecule has 0 spiro atoms. The molecule has 7 nitrogen and oxygen atoms in total. The Morgan fingerprint density at radius 1 is 0.974 bits per heavy atom. The zero-order valence-electron chi connectivity index (χ0n) is 22.2. The molecule has 200 valence electrons. The first-order chi connectivity index (χ1) is 19.1. The Hall–Kier alpha value is -3.81. The van der Waals surface area contributed by atoms with E-state index in [2.05, 4.69) is 22.3 Å². The van der Waals surface area contributed by atoms with Crippen molar-refractivity contribution >= 4 is 16.8 Å². The van der Waals surface area contributed by atoms with E-state index >= 15 is 0 Å². The fraction of sp³-hybridized carbons (Fsp3) is 0.344. The number of benzene rings is 3. The number of fused-ring (bicyclic) bond motifs is 2. The number of nitrogens with zero attached hydrogens (tertiary/aromatic N) is 3. The third kappa shape index (κ3) is 5.24. The second-order valence-electron chi connectivity index (χ2n) is 10.6. The summed E-state index contributed by atoms with van der Waals surface area (Å²) in [5, 5.41) is 14.2. The van der Waals surface area contributed by atoms with E-state index < -0.39 is 0 Å². The number of aliphatic hydroxyl groups excluding tert-OH is 1. The van der Waals surface area contributed by atoms with Crippen molar-refractivity contribution < 1.29 is 14.6 Å². The van der Waals surface area contributed by atoms with Gasteiger partial charge in [-0.05, 0) is 67.5 Å². The van der Waals surface area contributed by atoms with Crippen LogP contribution in [0.5, 0.6) is 5.75 Å². The van der Waals surface area contributed by atoms with Crippen LogP contribution in [0.4, 0.5) is 0 Å². The van der Waals surface area contributed by atoms with Crippen molar-refractivity contribution in [3.8, 4) is 17.1 Å². The van der Waals surface area contributed by atoms with Crippen molar-refractivity contribution in [3.05, 3.63) is 90.1 Å². The lowest BCUT2D eigenvalue weighted by Crippen LogP contribution is -2.36. The van der Waals surface area contributed by atoms with E-state index in [1.165, 1.54) is 0 Å². The van der Waals surface area contributed by atoms with Crippen LogP contribution in [0.15, 0.2) is 78.9 Å². The highest BCUT2D eigenvalue weighted by Gasteiger charge is 2.43. The quantitative estimate of drug-likeness (QED) is 0.343. The Bertz CT molecular complexity index is 1430. The third-order valence-corrected chi connectivity index (χ3v) is 8.15. The van der Waals surface area contributed by atoms with Gasteiger partial charge in [0.05, 0.1) is 24.8 Å². The van der Waals surface area contributed by atoms with Crippen LogP contribution in [-0.4, -0.2) is 58.2 Å². The van der Waals surface area contributed by atoms with Crippen molar-refractivity contribution in [2.45, 2.75) is 31.8 Å². The zero-order valence-corrected chi connectivity index (χ0v) is 22.2. The number of carbonyl (C=O) groups excluding carboxylic acids is 1. The van der Waals surface area contributed by atoms with Gasteiger partial charge < -0.3 is 15.2 Å². The highest BCUT2D eigenvalue weighted by atomic mass is 16.5. The van der Waals surface area contributed by atoms with E-state index in [1.54, 1.807) is 0 Å². The molecule has 39 heavy (non-hydrogen) atoms. The van der Waals surface area contributed by atoms with Crippen LogP contribution in [0.25, 0.3) is 22.3 Å². The minimum atomic E-state index is -0.153. The van der Waals surface area contributed by atoms with Crippen molar-refractivity contribution in [2.75, 3.05) is 26.3 Å². The summed E-state index contributed by atoms with van der Waals surface area (Å²) in [5.41, 5.74) is 3.15. The van der Waals surface area contributed by atoms with E-state index in [0.717, 1.165) is 53.7 Å².